The average Bonchev–Trinajstić information content (AvgIpc) is 2.82. The van der Waals surface area contributed by atoms with E-state index in [1.54, 1.807) is 19.2 Å². The van der Waals surface area contributed by atoms with E-state index in [0.29, 0.717) is 24.2 Å². The van der Waals surface area contributed by atoms with Crippen LogP contribution in [0.5, 0.6) is 0 Å². The van der Waals surface area contributed by atoms with E-state index in [2.05, 4.69) is 5.32 Å². The highest BCUT2D eigenvalue weighted by atomic mass is 16.4. The van der Waals surface area contributed by atoms with Gasteiger partial charge in [-0.25, -0.2) is 0 Å². The average molecular weight is 411 g/mol. The number of aliphatic carboxylic acids is 2. The van der Waals surface area contributed by atoms with Crippen molar-refractivity contribution in [2.24, 2.45) is 0 Å². The normalized spacial score (nSPS) is 17.2. The summed E-state index contributed by atoms with van der Waals surface area (Å²) in [4.78, 5) is 39.5. The van der Waals surface area contributed by atoms with Crippen LogP contribution in [0.1, 0.15) is 12.0 Å². The van der Waals surface area contributed by atoms with Gasteiger partial charge in [0.05, 0.1) is 11.4 Å². The third kappa shape index (κ3) is 4.96. The molecule has 2 atom stereocenters. The Hall–Kier alpha value is -3.39. The van der Waals surface area contributed by atoms with Gasteiger partial charge in [-0.05, 0) is 30.5 Å². The van der Waals surface area contributed by atoms with E-state index in [4.69, 9.17) is 0 Å². The van der Waals surface area contributed by atoms with E-state index in [-0.39, 0.29) is 6.54 Å². The molecule has 0 radical (unpaired) electrons. The van der Waals surface area contributed by atoms with E-state index in [1.165, 1.54) is 4.90 Å². The molecule has 8 heteroatoms. The van der Waals surface area contributed by atoms with E-state index in [9.17, 15) is 24.6 Å². The Morgan fingerprint density at radius 1 is 1.07 bits per heavy atom. The second-order valence-electron chi connectivity index (χ2n) is 7.32. The van der Waals surface area contributed by atoms with Crippen molar-refractivity contribution in [3.05, 3.63) is 60.2 Å². The summed E-state index contributed by atoms with van der Waals surface area (Å²) in [6.07, 6.45) is 0.847. The van der Waals surface area contributed by atoms with Crippen LogP contribution in [-0.4, -0.2) is 60.3 Å². The molecule has 0 fully saturated rings. The van der Waals surface area contributed by atoms with Crippen molar-refractivity contribution < 1.29 is 24.6 Å². The Morgan fingerprint density at radius 2 is 1.70 bits per heavy atom. The predicted molar refractivity (Wildman–Crippen MR) is 113 cm³/mol. The standard InChI is InChI=1S/C22H25N3O5/c1-24-13-17(23-16(22(29)30)12-11-15-7-3-2-4-8-15)21(28)25(14-20(26)27)19-10-6-5-9-18(19)24/h2-10,16-17,23H,11-14H2,1H3,(H,26,27)(H,29,30). The number of hydrogen-bond donors (Lipinski definition) is 3. The number of benzene rings is 2. The van der Waals surface area contributed by atoms with Crippen molar-refractivity contribution in [3.8, 4) is 0 Å². The number of nitrogens with one attached hydrogen (secondary N) is 1. The van der Waals surface area contributed by atoms with Gasteiger partial charge in [-0.3, -0.25) is 24.6 Å². The number of aryl methyl sites for hydroxylation is 1. The lowest BCUT2D eigenvalue weighted by Crippen LogP contribution is -2.55. The largest absolute Gasteiger partial charge is 0.480 e. The summed E-state index contributed by atoms with van der Waals surface area (Å²) in [6.45, 7) is -0.273. The molecular weight excluding hydrogens is 386 g/mol. The van der Waals surface area contributed by atoms with Crippen molar-refractivity contribution in [2.45, 2.75) is 24.9 Å². The van der Waals surface area contributed by atoms with Crippen molar-refractivity contribution in [3.63, 3.8) is 0 Å². The fourth-order valence-corrected chi connectivity index (χ4v) is 3.67. The minimum Gasteiger partial charge on any atom is -0.480 e. The molecule has 30 heavy (non-hydrogen) atoms. The number of para-hydroxylation sites is 2. The SMILES string of the molecule is CN1CC(NC(CCc2ccccc2)C(=O)O)C(=O)N(CC(=O)O)c2ccccc21. The molecule has 0 bridgehead atoms. The molecule has 0 aromatic heterocycles. The first kappa shape index (κ1) is 21.3. The summed E-state index contributed by atoms with van der Waals surface area (Å²) in [5.41, 5.74) is 2.22. The Labute approximate surface area is 174 Å². The Bertz CT molecular complexity index is 918. The molecule has 1 amide bonds. The number of fused-ring (bicyclic) bond motifs is 1. The number of amides is 1. The van der Waals surface area contributed by atoms with Gasteiger partial charge in [0.1, 0.15) is 18.6 Å². The summed E-state index contributed by atoms with van der Waals surface area (Å²) in [5, 5.41) is 22.0. The molecule has 3 N–H and O–H groups in total. The van der Waals surface area contributed by atoms with Gasteiger partial charge in [-0.15, -0.1) is 0 Å². The van der Waals surface area contributed by atoms with Gasteiger partial charge in [0.15, 0.2) is 0 Å². The maximum absolute atomic E-state index is 13.2. The van der Waals surface area contributed by atoms with E-state index >= 15 is 0 Å². The van der Waals surface area contributed by atoms with Crippen LogP contribution in [0, 0.1) is 0 Å². The van der Waals surface area contributed by atoms with Crippen LogP contribution in [0.25, 0.3) is 0 Å². The molecule has 1 heterocycles. The molecule has 8 nitrogen and oxygen atoms in total. The van der Waals surface area contributed by atoms with Crippen LogP contribution >= 0.6 is 0 Å². The molecule has 3 rings (SSSR count). The predicted octanol–water partition coefficient (Wildman–Crippen LogP) is 1.60. The number of carboxylic acids is 2. The van der Waals surface area contributed by atoms with Crippen LogP contribution in [-0.2, 0) is 20.8 Å². The quantitative estimate of drug-likeness (QED) is 0.605. The van der Waals surface area contributed by atoms with Gasteiger partial charge >= 0.3 is 11.9 Å². The summed E-state index contributed by atoms with van der Waals surface area (Å²) in [5.74, 6) is -2.64. The van der Waals surface area contributed by atoms with Crippen LogP contribution in [0.2, 0.25) is 0 Å². The minimum absolute atomic E-state index is 0.223. The Balaban J connectivity index is 1.82. The first-order valence-corrected chi connectivity index (χ1v) is 9.73. The summed E-state index contributed by atoms with van der Waals surface area (Å²) >= 11 is 0. The third-order valence-corrected chi connectivity index (χ3v) is 5.16. The van der Waals surface area contributed by atoms with Gasteiger partial charge in [0.2, 0.25) is 5.91 Å². The zero-order valence-electron chi connectivity index (χ0n) is 16.7. The highest BCUT2D eigenvalue weighted by Crippen LogP contribution is 2.31. The lowest BCUT2D eigenvalue weighted by Gasteiger charge is -2.26. The van der Waals surface area contributed by atoms with Crippen LogP contribution in [0.15, 0.2) is 54.6 Å². The zero-order valence-corrected chi connectivity index (χ0v) is 16.7. The number of likely N-dealkylation sites (N-methyl/N-ethyl adjacent to an activating group) is 1. The van der Waals surface area contributed by atoms with E-state index in [1.807, 2.05) is 47.4 Å². The van der Waals surface area contributed by atoms with Gasteiger partial charge in [0.25, 0.3) is 0 Å². The number of nitrogens with zero attached hydrogens (tertiary/aromatic N) is 2. The number of carboxylic acid groups (broad SMARTS) is 2. The molecule has 2 unspecified atom stereocenters. The van der Waals surface area contributed by atoms with Crippen LogP contribution in [0.4, 0.5) is 11.4 Å². The van der Waals surface area contributed by atoms with Gasteiger partial charge in [-0.2, -0.15) is 0 Å². The van der Waals surface area contributed by atoms with Gasteiger partial charge < -0.3 is 15.1 Å². The van der Waals surface area contributed by atoms with Crippen LogP contribution in [0.3, 0.4) is 0 Å². The Morgan fingerprint density at radius 3 is 2.33 bits per heavy atom. The lowest BCUT2D eigenvalue weighted by molar-refractivity contribution is -0.140. The molecule has 1 aliphatic heterocycles. The molecule has 0 saturated carbocycles. The molecule has 1 aliphatic rings. The number of rotatable bonds is 8. The fraction of sp³-hybridized carbons (Fsp3) is 0.318. The van der Waals surface area contributed by atoms with E-state index < -0.39 is 36.5 Å². The monoisotopic (exact) mass is 411 g/mol. The number of anilines is 2. The third-order valence-electron chi connectivity index (χ3n) is 5.16. The second kappa shape index (κ2) is 9.41. The number of carbonyl (C=O) groups is 3. The van der Waals surface area contributed by atoms with Crippen molar-refractivity contribution >= 4 is 29.2 Å². The lowest BCUT2D eigenvalue weighted by atomic mass is 10.0. The molecule has 0 spiro atoms. The molecule has 2 aromatic carbocycles. The van der Waals surface area contributed by atoms with Crippen molar-refractivity contribution in [1.82, 2.24) is 5.32 Å². The maximum Gasteiger partial charge on any atom is 0.323 e. The topological polar surface area (TPSA) is 110 Å². The van der Waals surface area contributed by atoms with Crippen molar-refractivity contribution in [1.29, 1.82) is 0 Å². The molecule has 158 valence electrons. The van der Waals surface area contributed by atoms with Gasteiger partial charge in [0, 0.05) is 13.6 Å². The molecule has 0 aliphatic carbocycles. The highest BCUT2D eigenvalue weighted by molar-refractivity contribution is 6.04. The smallest absolute Gasteiger partial charge is 0.323 e. The Kier molecular flexibility index (Phi) is 6.68. The summed E-state index contributed by atoms with van der Waals surface area (Å²) in [7, 11) is 1.80. The van der Waals surface area contributed by atoms with E-state index in [0.717, 1.165) is 5.56 Å². The first-order chi connectivity index (χ1) is 14.4. The van der Waals surface area contributed by atoms with Crippen LogP contribution < -0.4 is 15.1 Å². The van der Waals surface area contributed by atoms with Gasteiger partial charge in [-0.1, -0.05) is 42.5 Å². The summed E-state index contributed by atoms with van der Waals surface area (Å²) < 4.78 is 0. The minimum atomic E-state index is -1.14. The second-order valence-corrected chi connectivity index (χ2v) is 7.32. The first-order valence-electron chi connectivity index (χ1n) is 9.73. The zero-order chi connectivity index (χ0) is 21.7. The molecular formula is C22H25N3O5. The van der Waals surface area contributed by atoms with Crippen molar-refractivity contribution in [2.75, 3.05) is 29.9 Å². The molecule has 0 saturated heterocycles. The summed E-state index contributed by atoms with van der Waals surface area (Å²) in [6, 6.07) is 14.8. The fourth-order valence-electron chi connectivity index (χ4n) is 3.67. The number of carbonyl (C=O) groups excluding carboxylic acids is 1. The number of hydrogen-bond acceptors (Lipinski definition) is 5. The highest BCUT2D eigenvalue weighted by Gasteiger charge is 2.35. The molecule has 2 aromatic rings. The maximum atomic E-state index is 13.2.